The molecule has 5 amide bonds. The minimum Gasteiger partial charge on any atom is -0.489 e. The quantitative estimate of drug-likeness (QED) is 0.00506. The molecule has 0 fully saturated rings. The third kappa shape index (κ3) is 24.2. The van der Waals surface area contributed by atoms with Crippen LogP contribution < -0.4 is 42.4 Å². The number of benzene rings is 4. The molecule has 4 aromatic carbocycles. The molecular weight excluding hydrogens is 1040 g/mol. The number of carbonyl (C=O) groups is 6. The number of nitro groups is 1. The van der Waals surface area contributed by atoms with Gasteiger partial charge >= 0.3 is 12.1 Å². The fourth-order valence-corrected chi connectivity index (χ4v) is 8.97. The number of hydrogen-bond donors (Lipinski definition) is 8. The average Bonchev–Trinajstić information content (AvgIpc) is 3.89. The van der Waals surface area contributed by atoms with Gasteiger partial charge in [-0.1, -0.05) is 136 Å². The van der Waals surface area contributed by atoms with Gasteiger partial charge in [-0.3, -0.25) is 19.2 Å². The summed E-state index contributed by atoms with van der Waals surface area (Å²) in [5.41, 5.74) is 9.06. The summed E-state index contributed by atoms with van der Waals surface area (Å²) in [6.07, 6.45) is 10.1. The number of esters is 1. The van der Waals surface area contributed by atoms with Crippen molar-refractivity contribution in [3.05, 3.63) is 148 Å². The van der Waals surface area contributed by atoms with E-state index >= 15 is 0 Å². The van der Waals surface area contributed by atoms with Crippen LogP contribution in [0.5, 0.6) is 5.75 Å². The largest absolute Gasteiger partial charge is 0.489 e. The van der Waals surface area contributed by atoms with Crippen LogP contribution in [0.15, 0.2) is 120 Å². The number of nitrogens with two attached hydrogens (primary N) is 1. The van der Waals surface area contributed by atoms with E-state index in [9.17, 15) is 38.9 Å². The fraction of sp³-hybridized carbons (Fsp3) is 0.450. The molecule has 21 heteroatoms. The Labute approximate surface area is 473 Å². The summed E-state index contributed by atoms with van der Waals surface area (Å²) in [7, 11) is 1.20. The number of para-hydroxylation sites is 1. The van der Waals surface area contributed by atoms with Crippen molar-refractivity contribution in [2.45, 2.75) is 153 Å². The molecule has 4 atom stereocenters. The number of hydrogen-bond acceptors (Lipinski definition) is 11. The number of alkyl carbamates (subject to hydrolysis) is 1. The molecule has 5 rings (SSSR count). The van der Waals surface area contributed by atoms with Crippen molar-refractivity contribution in [3.8, 4) is 5.75 Å². The lowest BCUT2D eigenvalue weighted by atomic mass is 10.0. The third-order valence-corrected chi connectivity index (χ3v) is 13.1. The zero-order valence-corrected chi connectivity index (χ0v) is 47.0. The number of nitrogens with zero attached hydrogens (tertiary/aromatic N) is 2. The maximum atomic E-state index is 14.7. The number of nitrogens with one attached hydrogen (secondary N) is 7. The van der Waals surface area contributed by atoms with Crippen molar-refractivity contribution in [3.63, 3.8) is 0 Å². The first kappa shape index (κ1) is 63.3. The molecule has 9 N–H and O–H groups in total. The molecule has 0 aliphatic carbocycles. The molecule has 0 spiro atoms. The van der Waals surface area contributed by atoms with Gasteiger partial charge in [-0.2, -0.15) is 0 Å². The summed E-state index contributed by atoms with van der Waals surface area (Å²) >= 11 is 0. The monoisotopic (exact) mass is 1120 g/mol. The van der Waals surface area contributed by atoms with E-state index in [2.05, 4.69) is 42.0 Å². The van der Waals surface area contributed by atoms with Gasteiger partial charge in [-0.15, -0.1) is 0 Å². The molecule has 0 bridgehead atoms. The topological polar surface area (TPSA) is 300 Å². The number of unbranched alkanes of at least 4 members (excludes halogenated alkanes) is 8. The number of H-pyrrole nitrogens is 1. The Morgan fingerprint density at radius 1 is 0.617 bits per heavy atom. The first-order valence-electron chi connectivity index (χ1n) is 27.8. The lowest BCUT2D eigenvalue weighted by Gasteiger charge is -2.27. The van der Waals surface area contributed by atoms with Gasteiger partial charge in [-0.25, -0.2) is 19.7 Å². The van der Waals surface area contributed by atoms with Crippen LogP contribution in [0.2, 0.25) is 0 Å². The van der Waals surface area contributed by atoms with Crippen molar-refractivity contribution in [1.29, 1.82) is 0 Å². The Hall–Kier alpha value is -8.49. The predicted octanol–water partition coefficient (Wildman–Crippen LogP) is 7.19. The highest BCUT2D eigenvalue weighted by Gasteiger charge is 2.32. The van der Waals surface area contributed by atoms with E-state index in [-0.39, 0.29) is 51.0 Å². The molecule has 21 nitrogen and oxygen atoms in total. The molecular formula is C60H80N10O11. The molecule has 0 saturated carbocycles. The van der Waals surface area contributed by atoms with E-state index in [1.54, 1.807) is 42.6 Å². The molecule has 436 valence electrons. The number of amides is 5. The van der Waals surface area contributed by atoms with Crippen molar-refractivity contribution in [2.75, 3.05) is 20.2 Å². The second kappa shape index (κ2) is 33.8. The van der Waals surface area contributed by atoms with E-state index in [4.69, 9.17) is 19.9 Å². The highest BCUT2D eigenvalue weighted by Crippen LogP contribution is 2.21. The van der Waals surface area contributed by atoms with Gasteiger partial charge in [0, 0.05) is 55.9 Å². The number of fused-ring (bicyclic) bond motifs is 1. The number of rotatable bonds is 34. The molecule has 5 aromatic rings. The van der Waals surface area contributed by atoms with Crippen molar-refractivity contribution in [1.82, 2.24) is 36.9 Å². The van der Waals surface area contributed by atoms with Gasteiger partial charge in [0.1, 0.15) is 47.2 Å². The standard InChI is InChI=1S/C60H80N10O11/c1-60(2,3)81-59(76)63-35-21-11-9-7-5-6-8-10-18-30-53(71)65-50(38-43-31-33-46(34-32-43)80-41-44-25-16-13-17-26-44)55(73)67-51(37-42-23-14-12-15-24-42)56(74)66-49(29-22-36-62-58(61)69-70(77)78)54(72)68-52(57(75)79-4)39-45-40-64-48-28-20-19-27-47(45)48/h12-17,19-20,23-28,31-34,40,49-52,64H,5-11,18,21-22,29-30,35-39,41H2,1-4H3,(H,63,76)(H,65,71)(H,66,74)(H,67,73)(H,68,72)(H3,61,62,69)/t49-,50-,51+,52-/m0/s1. The van der Waals surface area contributed by atoms with Crippen LogP contribution in [0.1, 0.15) is 120 Å². The summed E-state index contributed by atoms with van der Waals surface area (Å²) in [6.45, 7) is 6.43. The minimum atomic E-state index is -1.31. The van der Waals surface area contributed by atoms with Gasteiger partial charge in [0.2, 0.25) is 23.6 Å². The van der Waals surface area contributed by atoms with Crippen LogP contribution in [0.3, 0.4) is 0 Å². The zero-order valence-electron chi connectivity index (χ0n) is 47.0. The maximum absolute atomic E-state index is 14.7. The molecule has 0 radical (unpaired) electrons. The molecule has 1 heterocycles. The Balaban J connectivity index is 1.28. The number of aromatic amines is 1. The molecule has 1 aromatic heterocycles. The number of hydrazone groups is 1. The van der Waals surface area contributed by atoms with E-state index in [0.29, 0.717) is 36.4 Å². The normalized spacial score (nSPS) is 12.9. The summed E-state index contributed by atoms with van der Waals surface area (Å²) in [4.78, 5) is 96.6. The number of methoxy groups -OCH3 is 1. The lowest BCUT2D eigenvalue weighted by Crippen LogP contribution is -2.58. The van der Waals surface area contributed by atoms with Crippen molar-refractivity contribution >= 4 is 52.6 Å². The maximum Gasteiger partial charge on any atom is 0.407 e. The van der Waals surface area contributed by atoms with E-state index in [1.807, 2.05) is 93.6 Å². The average molecular weight is 1120 g/mol. The van der Waals surface area contributed by atoms with Crippen LogP contribution >= 0.6 is 0 Å². The van der Waals surface area contributed by atoms with Crippen LogP contribution in [0.25, 0.3) is 10.9 Å². The number of guanidine groups is 1. The Morgan fingerprint density at radius 3 is 1.78 bits per heavy atom. The molecule has 0 saturated heterocycles. The minimum absolute atomic E-state index is 0.00697. The summed E-state index contributed by atoms with van der Waals surface area (Å²) in [6, 6.07) is 28.5. The number of carbonyl (C=O) groups excluding carboxylic acids is 6. The SMILES string of the molecule is COC(=O)[C@H](Cc1c[nH]c2ccccc12)NC(=O)[C@H](CCCN/C(N)=N/[N+](=O)[O-])NC(=O)[C@@H](Cc1ccccc1)NC(=O)[C@H](Cc1ccc(OCc2ccccc2)cc1)NC(=O)CCCCCCCCCCCNC(=O)OC(C)(C)C. The molecule has 0 aliphatic rings. The van der Waals surface area contributed by atoms with E-state index < -0.39 is 70.5 Å². The van der Waals surface area contributed by atoms with Gasteiger partial charge in [0.25, 0.3) is 5.96 Å². The van der Waals surface area contributed by atoms with Crippen LogP contribution in [-0.4, -0.2) is 102 Å². The first-order chi connectivity index (χ1) is 39.0. The van der Waals surface area contributed by atoms with Crippen LogP contribution in [0, 0.1) is 10.1 Å². The second-order valence-corrected chi connectivity index (χ2v) is 20.9. The number of ether oxygens (including phenoxy) is 3. The van der Waals surface area contributed by atoms with Gasteiger partial charge in [0.05, 0.1) is 7.11 Å². The summed E-state index contributed by atoms with van der Waals surface area (Å²) in [5, 5.41) is 30.6. The van der Waals surface area contributed by atoms with Crippen LogP contribution in [-0.2, 0) is 59.3 Å². The highest BCUT2D eigenvalue weighted by molar-refractivity contribution is 5.95. The second-order valence-electron chi connectivity index (χ2n) is 20.9. The lowest BCUT2D eigenvalue weighted by molar-refractivity contribution is -0.485. The summed E-state index contributed by atoms with van der Waals surface area (Å²) < 4.78 is 16.4. The van der Waals surface area contributed by atoms with Gasteiger partial charge < -0.3 is 56.8 Å². The Bertz CT molecular complexity index is 2800. The smallest absolute Gasteiger partial charge is 0.407 e. The van der Waals surface area contributed by atoms with E-state index in [0.717, 1.165) is 73.4 Å². The predicted molar refractivity (Wildman–Crippen MR) is 309 cm³/mol. The van der Waals surface area contributed by atoms with E-state index in [1.165, 1.54) is 7.11 Å². The van der Waals surface area contributed by atoms with Crippen molar-refractivity contribution < 1.29 is 48.0 Å². The molecule has 0 unspecified atom stereocenters. The first-order valence-corrected chi connectivity index (χ1v) is 27.8. The van der Waals surface area contributed by atoms with Crippen molar-refractivity contribution in [2.24, 2.45) is 10.8 Å². The van der Waals surface area contributed by atoms with Crippen LogP contribution in [0.4, 0.5) is 4.79 Å². The van der Waals surface area contributed by atoms with Gasteiger partial charge in [-0.05, 0) is 86.9 Å². The Morgan fingerprint density at radius 2 is 1.15 bits per heavy atom. The molecule has 81 heavy (non-hydrogen) atoms. The highest BCUT2D eigenvalue weighted by atomic mass is 16.7. The zero-order chi connectivity index (χ0) is 58.4. The Kier molecular flexibility index (Phi) is 26.5. The third-order valence-electron chi connectivity index (χ3n) is 13.1. The summed E-state index contributed by atoms with van der Waals surface area (Å²) in [5.74, 6) is -3.02. The molecule has 0 aliphatic heterocycles. The van der Waals surface area contributed by atoms with Gasteiger partial charge in [0.15, 0.2) is 5.03 Å². The fourth-order valence-electron chi connectivity index (χ4n) is 8.97. The number of aromatic nitrogens is 1.